The van der Waals surface area contributed by atoms with Crippen molar-refractivity contribution < 1.29 is 9.59 Å². The van der Waals surface area contributed by atoms with Gasteiger partial charge in [-0.25, -0.2) is 5.01 Å². The van der Waals surface area contributed by atoms with Crippen LogP contribution in [0.2, 0.25) is 0 Å². The highest BCUT2D eigenvalue weighted by molar-refractivity contribution is 7.09. The van der Waals surface area contributed by atoms with Crippen LogP contribution in [0.5, 0.6) is 0 Å². The van der Waals surface area contributed by atoms with Crippen molar-refractivity contribution in [2.24, 2.45) is 18.9 Å². The molecular weight excluding hydrogens is 358 g/mol. The molecule has 27 heavy (non-hydrogen) atoms. The molecule has 2 heterocycles. The van der Waals surface area contributed by atoms with Crippen LogP contribution in [-0.4, -0.2) is 39.5 Å². The standard InChI is InChI=1S/C21H31N3O2S/c1-15(2)24(21(26)16(3)13-18-9-7-11-22(18)5)23(6)20(25)17(4)14-19-10-8-12-27-19/h7-12,15-17H,13-14H2,1-6H3. The van der Waals surface area contributed by atoms with E-state index in [9.17, 15) is 9.59 Å². The Morgan fingerprint density at radius 3 is 2.22 bits per heavy atom. The molecule has 0 aromatic carbocycles. The Balaban J connectivity index is 2.08. The van der Waals surface area contributed by atoms with E-state index in [0.717, 1.165) is 5.69 Å². The fourth-order valence-corrected chi connectivity index (χ4v) is 4.16. The Bertz CT molecular complexity index is 751. The van der Waals surface area contributed by atoms with Gasteiger partial charge in [-0.3, -0.25) is 14.6 Å². The predicted molar refractivity (Wildman–Crippen MR) is 110 cm³/mol. The van der Waals surface area contributed by atoms with Crippen LogP contribution in [0.25, 0.3) is 0 Å². The second kappa shape index (κ2) is 9.22. The summed E-state index contributed by atoms with van der Waals surface area (Å²) >= 11 is 1.66. The van der Waals surface area contributed by atoms with Crippen LogP contribution in [-0.2, 0) is 29.5 Å². The number of nitrogens with zero attached hydrogens (tertiary/aromatic N) is 3. The third-order valence-electron chi connectivity index (χ3n) is 4.85. The Kier molecular flexibility index (Phi) is 7.25. The molecule has 5 nitrogen and oxygen atoms in total. The van der Waals surface area contributed by atoms with E-state index >= 15 is 0 Å². The maximum atomic E-state index is 13.1. The number of thiophene rings is 1. The van der Waals surface area contributed by atoms with E-state index < -0.39 is 0 Å². The Morgan fingerprint density at radius 1 is 1.04 bits per heavy atom. The second-order valence-electron chi connectivity index (χ2n) is 7.54. The van der Waals surface area contributed by atoms with Crippen molar-refractivity contribution >= 4 is 23.2 Å². The zero-order valence-corrected chi connectivity index (χ0v) is 18.0. The highest BCUT2D eigenvalue weighted by Crippen LogP contribution is 2.19. The number of hydrazine groups is 1. The van der Waals surface area contributed by atoms with Crippen LogP contribution in [0.15, 0.2) is 35.8 Å². The predicted octanol–water partition coefficient (Wildman–Crippen LogP) is 3.75. The summed E-state index contributed by atoms with van der Waals surface area (Å²) in [6.07, 6.45) is 3.33. The van der Waals surface area contributed by atoms with E-state index in [1.54, 1.807) is 23.4 Å². The largest absolute Gasteiger partial charge is 0.354 e. The van der Waals surface area contributed by atoms with Crippen molar-refractivity contribution in [1.29, 1.82) is 0 Å². The number of hydrogen-bond donors (Lipinski definition) is 0. The van der Waals surface area contributed by atoms with Gasteiger partial charge in [-0.2, -0.15) is 0 Å². The third kappa shape index (κ3) is 5.22. The summed E-state index contributed by atoms with van der Waals surface area (Å²) in [5, 5.41) is 5.15. The number of carbonyl (C=O) groups is 2. The molecule has 0 aliphatic carbocycles. The Labute approximate surface area is 166 Å². The number of aryl methyl sites for hydroxylation is 1. The van der Waals surface area contributed by atoms with Crippen LogP contribution < -0.4 is 0 Å². The zero-order chi connectivity index (χ0) is 20.1. The van der Waals surface area contributed by atoms with E-state index in [1.165, 1.54) is 9.89 Å². The molecule has 0 aliphatic rings. The third-order valence-corrected chi connectivity index (χ3v) is 5.75. The summed E-state index contributed by atoms with van der Waals surface area (Å²) in [5.74, 6) is -0.434. The van der Waals surface area contributed by atoms with Crippen LogP contribution in [0, 0.1) is 11.8 Å². The molecule has 0 aliphatic heterocycles. The molecule has 148 valence electrons. The molecule has 2 amide bonds. The summed E-state index contributed by atoms with van der Waals surface area (Å²) in [7, 11) is 3.69. The Hall–Kier alpha value is -2.08. The molecular formula is C21H31N3O2S. The molecule has 2 atom stereocenters. The van der Waals surface area contributed by atoms with Gasteiger partial charge in [0.05, 0.1) is 0 Å². The van der Waals surface area contributed by atoms with E-state index in [1.807, 2.05) is 75.2 Å². The first-order chi connectivity index (χ1) is 12.7. The Morgan fingerprint density at radius 2 is 1.70 bits per heavy atom. The van der Waals surface area contributed by atoms with Crippen LogP contribution in [0.3, 0.4) is 0 Å². The van der Waals surface area contributed by atoms with Crippen molar-refractivity contribution in [3.8, 4) is 0 Å². The topological polar surface area (TPSA) is 45.6 Å². The number of amides is 2. The van der Waals surface area contributed by atoms with Gasteiger partial charge in [-0.05, 0) is 50.3 Å². The molecule has 0 saturated carbocycles. The fourth-order valence-electron chi connectivity index (χ4n) is 3.33. The van der Waals surface area contributed by atoms with Gasteiger partial charge in [-0.1, -0.05) is 19.9 Å². The fraction of sp³-hybridized carbons (Fsp3) is 0.524. The molecule has 2 aromatic heterocycles. The van der Waals surface area contributed by atoms with Crippen molar-refractivity contribution in [3.63, 3.8) is 0 Å². The van der Waals surface area contributed by atoms with Gasteiger partial charge in [-0.15, -0.1) is 11.3 Å². The van der Waals surface area contributed by atoms with Gasteiger partial charge < -0.3 is 4.57 Å². The van der Waals surface area contributed by atoms with E-state index in [-0.39, 0.29) is 29.7 Å². The lowest BCUT2D eigenvalue weighted by atomic mass is 10.0. The van der Waals surface area contributed by atoms with E-state index in [4.69, 9.17) is 0 Å². The van der Waals surface area contributed by atoms with Gasteiger partial charge >= 0.3 is 0 Å². The van der Waals surface area contributed by atoms with Gasteiger partial charge in [0.15, 0.2) is 0 Å². The normalized spacial score (nSPS) is 13.4. The number of hydrogen-bond acceptors (Lipinski definition) is 3. The highest BCUT2D eigenvalue weighted by Gasteiger charge is 2.31. The zero-order valence-electron chi connectivity index (χ0n) is 17.2. The molecule has 0 N–H and O–H groups in total. The van der Waals surface area contributed by atoms with Crippen LogP contribution in [0.1, 0.15) is 38.3 Å². The first-order valence-electron chi connectivity index (χ1n) is 9.45. The molecule has 2 unspecified atom stereocenters. The monoisotopic (exact) mass is 389 g/mol. The van der Waals surface area contributed by atoms with Gasteiger partial charge in [0.25, 0.3) is 0 Å². The van der Waals surface area contributed by atoms with E-state index in [2.05, 4.69) is 0 Å². The minimum atomic E-state index is -0.205. The molecule has 0 bridgehead atoms. The lowest BCUT2D eigenvalue weighted by molar-refractivity contribution is -0.169. The van der Waals surface area contributed by atoms with Gasteiger partial charge in [0.2, 0.25) is 11.8 Å². The summed E-state index contributed by atoms with van der Waals surface area (Å²) in [6.45, 7) is 7.74. The molecule has 6 heteroatoms. The average Bonchev–Trinajstić information content (AvgIpc) is 3.26. The first-order valence-corrected chi connectivity index (χ1v) is 10.3. The molecule has 2 aromatic rings. The van der Waals surface area contributed by atoms with Gasteiger partial charge in [0, 0.05) is 48.7 Å². The summed E-state index contributed by atoms with van der Waals surface area (Å²) in [5.41, 5.74) is 1.11. The number of rotatable bonds is 7. The maximum Gasteiger partial charge on any atom is 0.244 e. The maximum absolute atomic E-state index is 13.1. The van der Waals surface area contributed by atoms with Crippen LogP contribution >= 0.6 is 11.3 Å². The van der Waals surface area contributed by atoms with Crippen molar-refractivity contribution in [2.75, 3.05) is 7.05 Å². The number of carbonyl (C=O) groups excluding carboxylic acids is 2. The minimum absolute atomic E-state index is 0.0228. The summed E-state index contributed by atoms with van der Waals surface area (Å²) in [6, 6.07) is 7.96. The first kappa shape index (κ1) is 21.2. The molecule has 0 spiro atoms. The lowest BCUT2D eigenvalue weighted by Gasteiger charge is -2.38. The number of aromatic nitrogens is 1. The average molecular weight is 390 g/mol. The van der Waals surface area contributed by atoms with Gasteiger partial charge in [0.1, 0.15) is 0 Å². The summed E-state index contributed by atoms with van der Waals surface area (Å²) < 4.78 is 2.03. The molecule has 0 saturated heterocycles. The van der Waals surface area contributed by atoms with Crippen molar-refractivity contribution in [1.82, 2.24) is 14.6 Å². The molecule has 0 fully saturated rings. The molecule has 2 rings (SSSR count). The molecule has 0 radical (unpaired) electrons. The summed E-state index contributed by atoms with van der Waals surface area (Å²) in [4.78, 5) is 27.3. The SMILES string of the molecule is CC(Cc1cccs1)C(=O)N(C)N(C(=O)C(C)Cc1cccn1C)C(C)C. The van der Waals surface area contributed by atoms with Crippen molar-refractivity contribution in [2.45, 2.75) is 46.6 Å². The minimum Gasteiger partial charge on any atom is -0.354 e. The van der Waals surface area contributed by atoms with E-state index in [0.29, 0.717) is 12.8 Å². The second-order valence-corrected chi connectivity index (χ2v) is 8.57. The van der Waals surface area contributed by atoms with Crippen molar-refractivity contribution in [3.05, 3.63) is 46.4 Å². The quantitative estimate of drug-likeness (QED) is 0.677. The lowest BCUT2D eigenvalue weighted by Crippen LogP contribution is -2.54. The highest BCUT2D eigenvalue weighted by atomic mass is 32.1. The van der Waals surface area contributed by atoms with Crippen LogP contribution in [0.4, 0.5) is 0 Å². The smallest absolute Gasteiger partial charge is 0.244 e.